The first-order valence-corrected chi connectivity index (χ1v) is 6.47. The maximum absolute atomic E-state index is 13.3. The van der Waals surface area contributed by atoms with Crippen molar-refractivity contribution < 1.29 is 13.9 Å². The average molecular weight is 276 g/mol. The van der Waals surface area contributed by atoms with Crippen molar-refractivity contribution in [2.75, 3.05) is 0 Å². The Morgan fingerprint density at radius 2 is 2.10 bits per heavy atom. The van der Waals surface area contributed by atoms with Gasteiger partial charge < -0.3 is 9.30 Å². The minimum Gasteiger partial charge on any atom is -0.458 e. The molecule has 0 amide bonds. The van der Waals surface area contributed by atoms with E-state index in [1.165, 1.54) is 18.3 Å². The zero-order valence-electron chi connectivity index (χ0n) is 11.7. The standard InChI is InChI=1S/C15H17FN2O2/c1-10(2)20-15(19)14-8-17-9-18(14)11(3)12-5-4-6-13(16)7-12/h4-11H,1-3H3/t11-/m1/s1. The van der Waals surface area contributed by atoms with Gasteiger partial charge in [-0.3, -0.25) is 0 Å². The zero-order chi connectivity index (χ0) is 14.7. The quantitative estimate of drug-likeness (QED) is 0.805. The molecule has 4 nitrogen and oxygen atoms in total. The molecule has 2 rings (SSSR count). The Morgan fingerprint density at radius 3 is 2.75 bits per heavy atom. The maximum atomic E-state index is 13.3. The number of ether oxygens (including phenoxy) is 1. The Morgan fingerprint density at radius 1 is 1.35 bits per heavy atom. The minimum absolute atomic E-state index is 0.199. The summed E-state index contributed by atoms with van der Waals surface area (Å²) in [5, 5.41) is 0. The van der Waals surface area contributed by atoms with Crippen LogP contribution in [0.4, 0.5) is 4.39 Å². The van der Waals surface area contributed by atoms with Crippen molar-refractivity contribution in [3.63, 3.8) is 0 Å². The van der Waals surface area contributed by atoms with Crippen LogP contribution in [-0.2, 0) is 4.74 Å². The van der Waals surface area contributed by atoms with Crippen LogP contribution in [0.2, 0.25) is 0 Å². The molecule has 0 bridgehead atoms. The molecular formula is C15H17FN2O2. The fourth-order valence-corrected chi connectivity index (χ4v) is 1.97. The van der Waals surface area contributed by atoms with Gasteiger partial charge in [-0.05, 0) is 38.5 Å². The molecule has 0 aliphatic carbocycles. The van der Waals surface area contributed by atoms with Crippen LogP contribution >= 0.6 is 0 Å². The van der Waals surface area contributed by atoms with Crippen molar-refractivity contribution in [3.8, 4) is 0 Å². The fraction of sp³-hybridized carbons (Fsp3) is 0.333. The van der Waals surface area contributed by atoms with Crippen LogP contribution in [0, 0.1) is 5.82 Å². The largest absolute Gasteiger partial charge is 0.458 e. The maximum Gasteiger partial charge on any atom is 0.356 e. The molecule has 0 saturated heterocycles. The highest BCUT2D eigenvalue weighted by atomic mass is 19.1. The van der Waals surface area contributed by atoms with E-state index in [0.717, 1.165) is 5.56 Å². The number of hydrogen-bond donors (Lipinski definition) is 0. The summed E-state index contributed by atoms with van der Waals surface area (Å²) < 4.78 is 20.1. The number of imidazole rings is 1. The number of esters is 1. The topological polar surface area (TPSA) is 44.1 Å². The van der Waals surface area contributed by atoms with Crippen LogP contribution < -0.4 is 0 Å². The summed E-state index contributed by atoms with van der Waals surface area (Å²) in [5.74, 6) is -0.735. The fourth-order valence-electron chi connectivity index (χ4n) is 1.97. The third kappa shape index (κ3) is 3.04. The highest BCUT2D eigenvalue weighted by Gasteiger charge is 2.19. The first-order valence-electron chi connectivity index (χ1n) is 6.47. The Balaban J connectivity index is 2.30. The molecule has 0 radical (unpaired) electrons. The lowest BCUT2D eigenvalue weighted by Gasteiger charge is -2.17. The van der Waals surface area contributed by atoms with E-state index in [9.17, 15) is 9.18 Å². The molecule has 1 aromatic carbocycles. The van der Waals surface area contributed by atoms with Gasteiger partial charge in [0.25, 0.3) is 0 Å². The monoisotopic (exact) mass is 276 g/mol. The lowest BCUT2D eigenvalue weighted by atomic mass is 10.1. The predicted molar refractivity (Wildman–Crippen MR) is 73.0 cm³/mol. The average Bonchev–Trinajstić information content (AvgIpc) is 2.86. The van der Waals surface area contributed by atoms with Crippen molar-refractivity contribution in [1.29, 1.82) is 0 Å². The van der Waals surface area contributed by atoms with E-state index < -0.39 is 5.97 Å². The second kappa shape index (κ2) is 5.86. The Hall–Kier alpha value is -2.17. The smallest absolute Gasteiger partial charge is 0.356 e. The van der Waals surface area contributed by atoms with Crippen molar-refractivity contribution >= 4 is 5.97 Å². The van der Waals surface area contributed by atoms with Crippen molar-refractivity contribution in [1.82, 2.24) is 9.55 Å². The molecule has 0 spiro atoms. The molecule has 106 valence electrons. The summed E-state index contributed by atoms with van der Waals surface area (Å²) in [5.41, 5.74) is 1.12. The molecule has 0 aliphatic heterocycles. The molecule has 0 unspecified atom stereocenters. The van der Waals surface area contributed by atoms with E-state index >= 15 is 0 Å². The van der Waals surface area contributed by atoms with E-state index in [4.69, 9.17) is 4.74 Å². The lowest BCUT2D eigenvalue weighted by Crippen LogP contribution is -2.18. The SMILES string of the molecule is CC(C)OC(=O)c1cncn1[C@H](C)c1cccc(F)c1. The Kier molecular flexibility index (Phi) is 4.17. The first kappa shape index (κ1) is 14.2. The van der Waals surface area contributed by atoms with Crippen LogP contribution in [-0.4, -0.2) is 21.6 Å². The number of nitrogens with zero attached hydrogens (tertiary/aromatic N) is 2. The van der Waals surface area contributed by atoms with Gasteiger partial charge in [0.1, 0.15) is 11.5 Å². The van der Waals surface area contributed by atoms with E-state index in [-0.39, 0.29) is 18.0 Å². The van der Waals surface area contributed by atoms with E-state index in [1.54, 1.807) is 30.8 Å². The number of rotatable bonds is 4. The summed E-state index contributed by atoms with van der Waals surface area (Å²) >= 11 is 0. The van der Waals surface area contributed by atoms with Crippen molar-refractivity contribution in [3.05, 3.63) is 53.9 Å². The van der Waals surface area contributed by atoms with Crippen LogP contribution in [0.3, 0.4) is 0 Å². The summed E-state index contributed by atoms with van der Waals surface area (Å²) in [7, 11) is 0. The summed E-state index contributed by atoms with van der Waals surface area (Å²) in [6.45, 7) is 5.45. The number of hydrogen-bond acceptors (Lipinski definition) is 3. The molecule has 20 heavy (non-hydrogen) atoms. The predicted octanol–water partition coefficient (Wildman–Crippen LogP) is 3.20. The minimum atomic E-state index is -0.430. The molecular weight excluding hydrogens is 259 g/mol. The van der Waals surface area contributed by atoms with Gasteiger partial charge in [-0.15, -0.1) is 0 Å². The lowest BCUT2D eigenvalue weighted by molar-refractivity contribution is 0.0364. The second-order valence-corrected chi connectivity index (χ2v) is 4.87. The summed E-state index contributed by atoms with van der Waals surface area (Å²) in [4.78, 5) is 16.0. The molecule has 2 aromatic rings. The molecule has 0 fully saturated rings. The van der Waals surface area contributed by atoms with Crippen LogP contribution in [0.15, 0.2) is 36.8 Å². The van der Waals surface area contributed by atoms with Crippen LogP contribution in [0.1, 0.15) is 42.9 Å². The van der Waals surface area contributed by atoms with Gasteiger partial charge in [0.2, 0.25) is 0 Å². The molecule has 0 N–H and O–H groups in total. The molecule has 0 aliphatic rings. The second-order valence-electron chi connectivity index (χ2n) is 4.87. The molecule has 1 heterocycles. The third-order valence-electron chi connectivity index (χ3n) is 2.97. The highest BCUT2D eigenvalue weighted by Crippen LogP contribution is 2.21. The number of carbonyl (C=O) groups excluding carboxylic acids is 1. The van der Waals surface area contributed by atoms with E-state index in [2.05, 4.69) is 4.98 Å². The number of aromatic nitrogens is 2. The van der Waals surface area contributed by atoms with Crippen LogP contribution in [0.5, 0.6) is 0 Å². The van der Waals surface area contributed by atoms with Gasteiger partial charge in [-0.25, -0.2) is 14.2 Å². The van der Waals surface area contributed by atoms with Crippen molar-refractivity contribution in [2.45, 2.75) is 32.9 Å². The van der Waals surface area contributed by atoms with Crippen LogP contribution in [0.25, 0.3) is 0 Å². The number of carbonyl (C=O) groups is 1. The van der Waals surface area contributed by atoms with Gasteiger partial charge in [0, 0.05) is 0 Å². The van der Waals surface area contributed by atoms with Gasteiger partial charge in [-0.2, -0.15) is 0 Å². The summed E-state index contributed by atoms with van der Waals surface area (Å²) in [6.07, 6.45) is 2.81. The molecule has 0 saturated carbocycles. The van der Waals surface area contributed by atoms with Gasteiger partial charge in [-0.1, -0.05) is 12.1 Å². The highest BCUT2D eigenvalue weighted by molar-refractivity contribution is 5.87. The Labute approximate surface area is 117 Å². The Bertz CT molecular complexity index is 607. The molecule has 1 atom stereocenters. The number of benzene rings is 1. The van der Waals surface area contributed by atoms with E-state index in [1.807, 2.05) is 13.0 Å². The third-order valence-corrected chi connectivity index (χ3v) is 2.97. The van der Waals surface area contributed by atoms with Gasteiger partial charge >= 0.3 is 5.97 Å². The number of halogens is 1. The van der Waals surface area contributed by atoms with Gasteiger partial charge in [0.15, 0.2) is 0 Å². The van der Waals surface area contributed by atoms with Crippen molar-refractivity contribution in [2.24, 2.45) is 0 Å². The zero-order valence-corrected chi connectivity index (χ0v) is 11.7. The molecule has 5 heteroatoms. The van der Waals surface area contributed by atoms with Gasteiger partial charge in [0.05, 0.1) is 24.7 Å². The molecule has 1 aromatic heterocycles. The van der Waals surface area contributed by atoms with E-state index in [0.29, 0.717) is 5.69 Å². The summed E-state index contributed by atoms with van der Waals surface area (Å²) in [6, 6.07) is 6.08. The first-order chi connectivity index (χ1) is 9.49. The normalized spacial score (nSPS) is 12.4.